The van der Waals surface area contributed by atoms with Crippen LogP contribution in [0.2, 0.25) is 0 Å². The van der Waals surface area contributed by atoms with Crippen LogP contribution in [0.15, 0.2) is 42.5 Å². The molecule has 2 aromatic rings. The summed E-state index contributed by atoms with van der Waals surface area (Å²) in [4.78, 5) is 0. The molecule has 0 bridgehead atoms. The fourth-order valence-electron chi connectivity index (χ4n) is 1.21. The van der Waals surface area contributed by atoms with Crippen molar-refractivity contribution in [2.75, 3.05) is 0 Å². The lowest BCUT2D eigenvalue weighted by Crippen LogP contribution is -1.70. The molecule has 1 heteroatoms. The van der Waals surface area contributed by atoms with Gasteiger partial charge in [-0.05, 0) is 11.5 Å². The Morgan fingerprint density at radius 3 is 1.47 bits per heavy atom. The van der Waals surface area contributed by atoms with Crippen molar-refractivity contribution in [2.45, 2.75) is 55.4 Å². The Morgan fingerprint density at radius 1 is 0.579 bits per heavy atom. The van der Waals surface area contributed by atoms with Crippen LogP contribution in [0, 0.1) is 0 Å². The molecule has 110 valence electrons. The van der Waals surface area contributed by atoms with Crippen LogP contribution in [0.25, 0.3) is 10.8 Å². The van der Waals surface area contributed by atoms with Crippen LogP contribution in [0.3, 0.4) is 0 Å². The summed E-state index contributed by atoms with van der Waals surface area (Å²) >= 11 is 0. The average Bonchev–Trinajstić information content (AvgIpc) is 2.56. The summed E-state index contributed by atoms with van der Waals surface area (Å²) in [5, 5.41) is 11.4. The van der Waals surface area contributed by atoms with E-state index in [0.29, 0.717) is 5.75 Å². The van der Waals surface area contributed by atoms with Crippen LogP contribution in [-0.4, -0.2) is 5.11 Å². The molecule has 0 unspecified atom stereocenters. The summed E-state index contributed by atoms with van der Waals surface area (Å²) < 4.78 is 0. The third-order valence-electron chi connectivity index (χ3n) is 1.77. The molecule has 19 heavy (non-hydrogen) atoms. The smallest absolute Gasteiger partial charge is 0.123 e. The Labute approximate surface area is 120 Å². The summed E-state index contributed by atoms with van der Waals surface area (Å²) in [6.45, 7) is 16.0. The molecular weight excluding hydrogens is 232 g/mol. The number of phenols is 1. The minimum Gasteiger partial charge on any atom is -0.507 e. The monoisotopic (exact) mass is 264 g/mol. The molecule has 0 aromatic heterocycles. The number of fused-ring (bicyclic) bond motifs is 1. The molecule has 0 saturated heterocycles. The van der Waals surface area contributed by atoms with E-state index >= 15 is 0 Å². The summed E-state index contributed by atoms with van der Waals surface area (Å²) in [6.07, 6.45) is 0. The highest BCUT2D eigenvalue weighted by Gasteiger charge is 1.94. The van der Waals surface area contributed by atoms with Crippen LogP contribution in [0.1, 0.15) is 55.4 Å². The third kappa shape index (κ3) is 9.12. The first-order valence-corrected chi connectivity index (χ1v) is 7.54. The van der Waals surface area contributed by atoms with Crippen molar-refractivity contribution >= 4 is 10.8 Å². The summed E-state index contributed by atoms with van der Waals surface area (Å²) in [7, 11) is 0. The second-order valence-electron chi connectivity index (χ2n) is 2.50. The summed E-state index contributed by atoms with van der Waals surface area (Å²) in [6, 6.07) is 13.3. The van der Waals surface area contributed by atoms with Gasteiger partial charge in [0.25, 0.3) is 0 Å². The van der Waals surface area contributed by atoms with Gasteiger partial charge in [-0.25, -0.2) is 0 Å². The van der Waals surface area contributed by atoms with Crippen LogP contribution in [-0.2, 0) is 0 Å². The van der Waals surface area contributed by atoms with Crippen LogP contribution in [0.5, 0.6) is 5.75 Å². The number of hydrogen-bond acceptors (Lipinski definition) is 1. The molecule has 0 aliphatic heterocycles. The summed E-state index contributed by atoms with van der Waals surface area (Å²) in [5.74, 6) is 0.350. The topological polar surface area (TPSA) is 20.2 Å². The van der Waals surface area contributed by atoms with Crippen molar-refractivity contribution in [2.24, 2.45) is 0 Å². The zero-order valence-electron chi connectivity index (χ0n) is 14.0. The van der Waals surface area contributed by atoms with Crippen LogP contribution in [0.4, 0.5) is 0 Å². The number of aromatic hydroxyl groups is 1. The predicted octanol–water partition coefficient (Wildman–Crippen LogP) is 6.65. The molecule has 0 atom stereocenters. The van der Waals surface area contributed by atoms with Gasteiger partial charge in [0, 0.05) is 5.39 Å². The fraction of sp³-hybridized carbons (Fsp3) is 0.444. The number of benzene rings is 2. The molecule has 1 nitrogen and oxygen atoms in total. The Kier molecular flexibility index (Phi) is 22.5. The largest absolute Gasteiger partial charge is 0.507 e. The molecule has 0 amide bonds. The Bertz CT molecular complexity index is 375. The fourth-order valence-corrected chi connectivity index (χ4v) is 1.21. The first kappa shape index (κ1) is 22.7. The molecule has 2 rings (SSSR count). The summed E-state index contributed by atoms with van der Waals surface area (Å²) in [5.41, 5.74) is 0. The molecular formula is C18H32O. The minimum absolute atomic E-state index is 0.350. The van der Waals surface area contributed by atoms with E-state index in [1.54, 1.807) is 6.07 Å². The molecule has 0 radical (unpaired) electrons. The Balaban J connectivity index is -0.000000278. The van der Waals surface area contributed by atoms with E-state index in [1.165, 1.54) is 0 Å². The maximum Gasteiger partial charge on any atom is 0.123 e. The van der Waals surface area contributed by atoms with Gasteiger partial charge in [0.15, 0.2) is 0 Å². The lowest BCUT2D eigenvalue weighted by Gasteiger charge is -1.97. The lowest BCUT2D eigenvalue weighted by molar-refractivity contribution is 0.481. The van der Waals surface area contributed by atoms with Crippen molar-refractivity contribution in [1.82, 2.24) is 0 Å². The van der Waals surface area contributed by atoms with Crippen molar-refractivity contribution in [1.29, 1.82) is 0 Å². The quantitative estimate of drug-likeness (QED) is 0.564. The van der Waals surface area contributed by atoms with Gasteiger partial charge in [-0.3, -0.25) is 0 Å². The van der Waals surface area contributed by atoms with E-state index in [1.807, 2.05) is 91.8 Å². The van der Waals surface area contributed by atoms with Gasteiger partial charge in [0.05, 0.1) is 0 Å². The first-order valence-electron chi connectivity index (χ1n) is 7.54. The highest BCUT2D eigenvalue weighted by Crippen LogP contribution is 2.22. The SMILES string of the molecule is CC.CC.CC.CC.Oc1cccc2ccccc12. The van der Waals surface area contributed by atoms with Gasteiger partial charge in [-0.1, -0.05) is 91.8 Å². The highest BCUT2D eigenvalue weighted by atomic mass is 16.3. The van der Waals surface area contributed by atoms with Gasteiger partial charge >= 0.3 is 0 Å². The molecule has 0 saturated carbocycles. The normalized spacial score (nSPS) is 7.16. The predicted molar refractivity (Wildman–Crippen MR) is 91.0 cm³/mol. The zero-order chi connectivity index (χ0) is 15.7. The minimum atomic E-state index is 0.350. The van der Waals surface area contributed by atoms with Crippen molar-refractivity contribution < 1.29 is 5.11 Å². The second kappa shape index (κ2) is 18.9. The van der Waals surface area contributed by atoms with Crippen LogP contribution < -0.4 is 0 Å². The first-order chi connectivity index (χ1) is 9.38. The van der Waals surface area contributed by atoms with Gasteiger partial charge in [-0.2, -0.15) is 0 Å². The van der Waals surface area contributed by atoms with E-state index in [9.17, 15) is 5.11 Å². The van der Waals surface area contributed by atoms with Gasteiger partial charge in [0.2, 0.25) is 0 Å². The zero-order valence-corrected chi connectivity index (χ0v) is 14.0. The maximum atomic E-state index is 9.37. The molecule has 0 aliphatic carbocycles. The average molecular weight is 264 g/mol. The Morgan fingerprint density at radius 2 is 1.00 bits per heavy atom. The van der Waals surface area contributed by atoms with E-state index < -0.39 is 0 Å². The van der Waals surface area contributed by atoms with E-state index in [-0.39, 0.29) is 0 Å². The van der Waals surface area contributed by atoms with Crippen molar-refractivity contribution in [3.8, 4) is 5.75 Å². The number of hydrogen-bond donors (Lipinski definition) is 1. The number of rotatable bonds is 0. The number of phenolic OH excluding ortho intramolecular Hbond substituents is 1. The lowest BCUT2D eigenvalue weighted by atomic mass is 10.1. The van der Waals surface area contributed by atoms with Crippen molar-refractivity contribution in [3.05, 3.63) is 42.5 Å². The van der Waals surface area contributed by atoms with E-state index in [4.69, 9.17) is 0 Å². The highest BCUT2D eigenvalue weighted by molar-refractivity contribution is 5.87. The van der Waals surface area contributed by atoms with Crippen LogP contribution >= 0.6 is 0 Å². The van der Waals surface area contributed by atoms with Gasteiger partial charge in [0.1, 0.15) is 5.75 Å². The molecule has 2 aromatic carbocycles. The molecule has 0 spiro atoms. The van der Waals surface area contributed by atoms with Gasteiger partial charge in [-0.15, -0.1) is 0 Å². The Hall–Kier alpha value is -1.50. The van der Waals surface area contributed by atoms with Gasteiger partial charge < -0.3 is 5.11 Å². The third-order valence-corrected chi connectivity index (χ3v) is 1.77. The molecule has 1 N–H and O–H groups in total. The standard InChI is InChI=1S/C10H8O.4C2H6/c11-10-7-3-5-8-4-1-2-6-9(8)10;4*1-2/h1-7,11H;4*1-2H3. The molecule has 0 heterocycles. The molecule has 0 fully saturated rings. The van der Waals surface area contributed by atoms with E-state index in [2.05, 4.69) is 0 Å². The van der Waals surface area contributed by atoms with E-state index in [0.717, 1.165) is 10.8 Å². The molecule has 0 aliphatic rings. The van der Waals surface area contributed by atoms with Crippen molar-refractivity contribution in [3.63, 3.8) is 0 Å². The second-order valence-corrected chi connectivity index (χ2v) is 2.50. The maximum absolute atomic E-state index is 9.37.